The maximum Gasteiger partial charge on any atom is 0.433 e. The van der Waals surface area contributed by atoms with E-state index in [0.717, 1.165) is 31.5 Å². The third-order valence-corrected chi connectivity index (χ3v) is 5.98. The minimum absolute atomic E-state index is 0.00385. The molecule has 156 valence electrons. The highest BCUT2D eigenvalue weighted by Crippen LogP contribution is 2.64. The Balaban J connectivity index is 1.26. The Morgan fingerprint density at radius 2 is 1.90 bits per heavy atom. The van der Waals surface area contributed by atoms with Crippen LogP contribution < -0.4 is 4.90 Å². The zero-order chi connectivity index (χ0) is 20.9. The number of aromatic nitrogens is 4. The van der Waals surface area contributed by atoms with E-state index in [4.69, 9.17) is 4.42 Å². The van der Waals surface area contributed by atoms with Crippen molar-refractivity contribution in [1.82, 2.24) is 20.2 Å². The molecule has 5 rings (SSSR count). The Hall–Kier alpha value is -3.04. The first-order valence-electron chi connectivity index (χ1n) is 9.59. The van der Waals surface area contributed by atoms with E-state index in [-0.39, 0.29) is 29.0 Å². The molecule has 3 heterocycles. The van der Waals surface area contributed by atoms with Crippen molar-refractivity contribution in [2.24, 2.45) is 5.41 Å². The third-order valence-electron chi connectivity index (χ3n) is 5.98. The summed E-state index contributed by atoms with van der Waals surface area (Å²) in [6.45, 7) is 1.12. The van der Waals surface area contributed by atoms with Crippen LogP contribution in [0.15, 0.2) is 40.9 Å². The van der Waals surface area contributed by atoms with Gasteiger partial charge in [-0.3, -0.25) is 0 Å². The Bertz CT molecular complexity index is 1070. The lowest BCUT2D eigenvalue weighted by atomic mass is 9.91. The number of nitrogens with zero attached hydrogens (tertiary/aromatic N) is 5. The zero-order valence-corrected chi connectivity index (χ0v) is 15.7. The highest BCUT2D eigenvalue weighted by atomic mass is 19.4. The van der Waals surface area contributed by atoms with E-state index in [1.165, 1.54) is 12.1 Å². The van der Waals surface area contributed by atoms with Gasteiger partial charge in [-0.1, -0.05) is 6.07 Å². The quantitative estimate of drug-likeness (QED) is 0.584. The van der Waals surface area contributed by atoms with Crippen LogP contribution >= 0.6 is 0 Å². The molecule has 10 heteroatoms. The lowest BCUT2D eigenvalue weighted by molar-refractivity contribution is -0.141. The second-order valence-corrected chi connectivity index (χ2v) is 7.80. The van der Waals surface area contributed by atoms with Crippen LogP contribution in [-0.2, 0) is 6.18 Å². The van der Waals surface area contributed by atoms with Gasteiger partial charge in [0.1, 0.15) is 11.5 Å². The molecule has 0 radical (unpaired) electrons. The van der Waals surface area contributed by atoms with Gasteiger partial charge in [0, 0.05) is 30.8 Å². The van der Waals surface area contributed by atoms with E-state index in [2.05, 4.69) is 20.2 Å². The summed E-state index contributed by atoms with van der Waals surface area (Å²) < 4.78 is 57.9. The normalized spacial score (nSPS) is 20.5. The molecular weight excluding hydrogens is 402 g/mol. The molecule has 0 bridgehead atoms. The largest absolute Gasteiger partial charge is 0.433 e. The van der Waals surface area contributed by atoms with Crippen LogP contribution in [-0.4, -0.2) is 33.3 Å². The molecule has 1 saturated carbocycles. The van der Waals surface area contributed by atoms with Crippen molar-refractivity contribution in [3.05, 3.63) is 53.9 Å². The first kappa shape index (κ1) is 19.0. The van der Waals surface area contributed by atoms with Crippen molar-refractivity contribution in [1.29, 1.82) is 0 Å². The Morgan fingerprint density at radius 1 is 1.10 bits per heavy atom. The van der Waals surface area contributed by atoms with Crippen molar-refractivity contribution in [3.8, 4) is 11.5 Å². The van der Waals surface area contributed by atoms with E-state index in [1.807, 2.05) is 0 Å². The van der Waals surface area contributed by atoms with Gasteiger partial charge in [0.05, 0.1) is 0 Å². The smallest absolute Gasteiger partial charge is 0.420 e. The van der Waals surface area contributed by atoms with Gasteiger partial charge in [-0.25, -0.2) is 14.4 Å². The fourth-order valence-electron chi connectivity index (χ4n) is 4.17. The maximum absolute atomic E-state index is 13.4. The van der Waals surface area contributed by atoms with Crippen molar-refractivity contribution >= 4 is 5.95 Å². The second-order valence-electron chi connectivity index (χ2n) is 7.80. The molecule has 1 spiro atoms. The number of halogens is 4. The minimum atomic E-state index is -4.49. The van der Waals surface area contributed by atoms with Crippen molar-refractivity contribution < 1.29 is 22.0 Å². The molecule has 1 aliphatic carbocycles. The Morgan fingerprint density at radius 3 is 2.63 bits per heavy atom. The maximum atomic E-state index is 13.4. The highest BCUT2D eigenvalue weighted by Gasteiger charge is 2.58. The van der Waals surface area contributed by atoms with Gasteiger partial charge in [0.15, 0.2) is 0 Å². The fraction of sp³-hybridized carbons (Fsp3) is 0.400. The molecule has 1 aromatic carbocycles. The van der Waals surface area contributed by atoms with Gasteiger partial charge in [-0.2, -0.15) is 13.2 Å². The number of hydrogen-bond donors (Lipinski definition) is 0. The average molecular weight is 419 g/mol. The van der Waals surface area contributed by atoms with Gasteiger partial charge in [0.2, 0.25) is 17.7 Å². The Labute approximate surface area is 169 Å². The van der Waals surface area contributed by atoms with Crippen LogP contribution in [0, 0.1) is 11.2 Å². The van der Waals surface area contributed by atoms with Gasteiger partial charge in [-0.15, -0.1) is 10.2 Å². The van der Waals surface area contributed by atoms with Crippen LogP contribution in [0.2, 0.25) is 0 Å². The summed E-state index contributed by atoms with van der Waals surface area (Å²) in [5.41, 5.74) is -0.406. The molecule has 2 fully saturated rings. The van der Waals surface area contributed by atoms with Gasteiger partial charge >= 0.3 is 6.18 Å². The number of piperidine rings is 1. The molecule has 6 nitrogen and oxygen atoms in total. The van der Waals surface area contributed by atoms with Crippen LogP contribution in [0.25, 0.3) is 11.5 Å². The monoisotopic (exact) mass is 419 g/mol. The first-order valence-corrected chi connectivity index (χ1v) is 9.59. The summed E-state index contributed by atoms with van der Waals surface area (Å²) >= 11 is 0. The summed E-state index contributed by atoms with van der Waals surface area (Å²) in [7, 11) is 0. The lowest BCUT2D eigenvalue weighted by Crippen LogP contribution is -2.36. The van der Waals surface area contributed by atoms with Crippen molar-refractivity contribution in [2.75, 3.05) is 18.0 Å². The second kappa shape index (κ2) is 6.75. The highest BCUT2D eigenvalue weighted by molar-refractivity contribution is 5.52. The van der Waals surface area contributed by atoms with Crippen LogP contribution in [0.1, 0.15) is 36.8 Å². The summed E-state index contributed by atoms with van der Waals surface area (Å²) in [6, 6.07) is 6.85. The van der Waals surface area contributed by atoms with Crippen LogP contribution in [0.5, 0.6) is 0 Å². The zero-order valence-electron chi connectivity index (χ0n) is 15.7. The summed E-state index contributed by atoms with van der Waals surface area (Å²) in [5, 5.41) is 8.19. The molecule has 1 atom stereocenters. The average Bonchev–Trinajstić information content (AvgIpc) is 3.20. The molecule has 0 amide bonds. The first-order chi connectivity index (χ1) is 14.3. The van der Waals surface area contributed by atoms with Gasteiger partial charge in [0.25, 0.3) is 0 Å². The number of benzene rings is 1. The number of hydrogen-bond acceptors (Lipinski definition) is 6. The predicted octanol–water partition coefficient (Wildman–Crippen LogP) is 4.46. The van der Waals surface area contributed by atoms with E-state index < -0.39 is 11.9 Å². The summed E-state index contributed by atoms with van der Waals surface area (Å²) in [6.07, 6.45) is -0.922. The number of rotatable bonds is 3. The minimum Gasteiger partial charge on any atom is -0.420 e. The molecule has 3 aromatic rings. The van der Waals surface area contributed by atoms with Gasteiger partial charge < -0.3 is 9.32 Å². The topological polar surface area (TPSA) is 67.9 Å². The molecular formula is C20H17F4N5O. The lowest BCUT2D eigenvalue weighted by Gasteiger charge is -2.32. The van der Waals surface area contributed by atoms with E-state index in [9.17, 15) is 17.6 Å². The molecule has 2 aromatic heterocycles. The van der Waals surface area contributed by atoms with E-state index in [0.29, 0.717) is 24.5 Å². The fourth-order valence-corrected chi connectivity index (χ4v) is 4.17. The van der Waals surface area contributed by atoms with E-state index in [1.54, 1.807) is 17.0 Å². The molecule has 0 N–H and O–H groups in total. The van der Waals surface area contributed by atoms with Gasteiger partial charge in [-0.05, 0) is 48.9 Å². The molecule has 1 unspecified atom stereocenters. The molecule has 30 heavy (non-hydrogen) atoms. The number of alkyl halides is 3. The van der Waals surface area contributed by atoms with Crippen LogP contribution in [0.4, 0.5) is 23.5 Å². The van der Waals surface area contributed by atoms with E-state index >= 15 is 0 Å². The number of anilines is 1. The summed E-state index contributed by atoms with van der Waals surface area (Å²) in [5.74, 6) is 0.638. The SMILES string of the molecule is Fc1cccc(-c2nnc(C3CC34CCN(c3nccc(C(F)(F)F)n3)CC4)o2)c1. The van der Waals surface area contributed by atoms with Crippen molar-refractivity contribution in [3.63, 3.8) is 0 Å². The summed E-state index contributed by atoms with van der Waals surface area (Å²) in [4.78, 5) is 9.46. The third kappa shape index (κ3) is 3.40. The standard InChI is InChI=1S/C20H17F4N5O/c21-13-3-1-2-12(10-13)16-27-28-17(30-16)14-11-19(14)5-8-29(9-6-19)18-25-7-4-15(26-18)20(22,23)24/h1-4,7,10,14H,5-6,8-9,11H2. The van der Waals surface area contributed by atoms with Crippen LogP contribution in [0.3, 0.4) is 0 Å². The molecule has 1 aliphatic heterocycles. The molecule has 1 saturated heterocycles. The Kier molecular flexibility index (Phi) is 4.26. The predicted molar refractivity (Wildman–Crippen MR) is 98.0 cm³/mol. The van der Waals surface area contributed by atoms with Crippen molar-refractivity contribution in [2.45, 2.75) is 31.4 Å². The molecule has 2 aliphatic rings.